The minimum atomic E-state index is 0.306. The van der Waals surface area contributed by atoms with Crippen LogP contribution in [0.3, 0.4) is 0 Å². The maximum absolute atomic E-state index is 5.21. The van der Waals surface area contributed by atoms with Crippen molar-refractivity contribution < 1.29 is 4.74 Å². The molecule has 0 spiro atoms. The molecule has 20 heavy (non-hydrogen) atoms. The van der Waals surface area contributed by atoms with Crippen molar-refractivity contribution in [1.29, 1.82) is 0 Å². The van der Waals surface area contributed by atoms with Crippen molar-refractivity contribution in [3.63, 3.8) is 0 Å². The quantitative estimate of drug-likeness (QED) is 0.798. The van der Waals surface area contributed by atoms with Gasteiger partial charge in [0.2, 0.25) is 0 Å². The van der Waals surface area contributed by atoms with Crippen molar-refractivity contribution in [2.75, 3.05) is 12.4 Å². The summed E-state index contributed by atoms with van der Waals surface area (Å²) in [5, 5.41) is 3.62. The molecule has 0 aliphatic heterocycles. The predicted molar refractivity (Wildman–Crippen MR) is 88.5 cm³/mol. The fourth-order valence-electron chi connectivity index (χ4n) is 2.23. The largest absolute Gasteiger partial charge is 0.497 e. The molecule has 1 unspecified atom stereocenters. The number of nitrogens with one attached hydrogen (secondary N) is 1. The van der Waals surface area contributed by atoms with Crippen LogP contribution >= 0.6 is 15.9 Å². The van der Waals surface area contributed by atoms with Gasteiger partial charge < -0.3 is 10.1 Å². The van der Waals surface area contributed by atoms with Crippen LogP contribution in [0.5, 0.6) is 5.75 Å². The van der Waals surface area contributed by atoms with Crippen molar-refractivity contribution in [3.8, 4) is 5.75 Å². The molecule has 106 valence electrons. The van der Waals surface area contributed by atoms with E-state index in [9.17, 15) is 0 Å². The van der Waals surface area contributed by atoms with Crippen LogP contribution in [-0.4, -0.2) is 7.11 Å². The second kappa shape index (κ2) is 6.80. The fourth-order valence-corrected chi connectivity index (χ4v) is 2.71. The maximum Gasteiger partial charge on any atom is 0.118 e. The first-order valence-corrected chi connectivity index (χ1v) is 7.60. The monoisotopic (exact) mass is 333 g/mol. The summed E-state index contributed by atoms with van der Waals surface area (Å²) in [6.45, 7) is 4.31. The molecule has 2 nitrogen and oxygen atoms in total. The van der Waals surface area contributed by atoms with Gasteiger partial charge in [-0.15, -0.1) is 0 Å². The highest BCUT2D eigenvalue weighted by molar-refractivity contribution is 9.10. The Morgan fingerprint density at radius 1 is 1.15 bits per heavy atom. The van der Waals surface area contributed by atoms with Crippen molar-refractivity contribution in [3.05, 3.63) is 58.1 Å². The van der Waals surface area contributed by atoms with Gasteiger partial charge in [-0.3, -0.25) is 0 Å². The molecule has 0 amide bonds. The predicted octanol–water partition coefficient (Wildman–Crippen LogP) is 5.33. The molecule has 0 aromatic heterocycles. The Morgan fingerprint density at radius 2 is 1.85 bits per heavy atom. The van der Waals surface area contributed by atoms with E-state index in [0.717, 1.165) is 16.6 Å². The maximum atomic E-state index is 5.21. The highest BCUT2D eigenvalue weighted by Crippen LogP contribution is 2.27. The highest BCUT2D eigenvalue weighted by atomic mass is 79.9. The lowest BCUT2D eigenvalue weighted by atomic mass is 10.0. The zero-order valence-corrected chi connectivity index (χ0v) is 13.7. The van der Waals surface area contributed by atoms with Crippen LogP contribution in [-0.2, 0) is 0 Å². The normalized spacial score (nSPS) is 12.0. The molecule has 0 bridgehead atoms. The summed E-state index contributed by atoms with van der Waals surface area (Å²) < 4.78 is 6.32. The van der Waals surface area contributed by atoms with E-state index in [-0.39, 0.29) is 0 Å². The third-order valence-corrected chi connectivity index (χ3v) is 3.94. The molecule has 2 rings (SSSR count). The smallest absolute Gasteiger partial charge is 0.118 e. The summed E-state index contributed by atoms with van der Waals surface area (Å²) >= 11 is 3.50. The van der Waals surface area contributed by atoms with E-state index in [4.69, 9.17) is 4.74 Å². The Kier molecular flexibility index (Phi) is 5.07. The fraction of sp³-hybridized carbons (Fsp3) is 0.294. The summed E-state index contributed by atoms with van der Waals surface area (Å²) in [4.78, 5) is 0. The van der Waals surface area contributed by atoms with Crippen LogP contribution in [0.25, 0.3) is 0 Å². The third kappa shape index (κ3) is 3.54. The second-order valence-electron chi connectivity index (χ2n) is 4.84. The Balaban J connectivity index is 2.19. The van der Waals surface area contributed by atoms with Gasteiger partial charge in [0.1, 0.15) is 5.75 Å². The van der Waals surface area contributed by atoms with Crippen molar-refractivity contribution in [1.82, 2.24) is 0 Å². The molecule has 1 atom stereocenters. The first-order chi connectivity index (χ1) is 9.63. The number of aryl methyl sites for hydroxylation is 1. The van der Waals surface area contributed by atoms with Crippen LogP contribution in [0.1, 0.15) is 30.5 Å². The van der Waals surface area contributed by atoms with Gasteiger partial charge in [-0.2, -0.15) is 0 Å². The lowest BCUT2D eigenvalue weighted by Crippen LogP contribution is -2.10. The van der Waals surface area contributed by atoms with E-state index in [1.807, 2.05) is 12.1 Å². The molecule has 1 N–H and O–H groups in total. The van der Waals surface area contributed by atoms with Crippen LogP contribution < -0.4 is 10.1 Å². The second-order valence-corrected chi connectivity index (χ2v) is 5.75. The molecule has 0 saturated heterocycles. The Hall–Kier alpha value is -1.48. The van der Waals surface area contributed by atoms with Gasteiger partial charge in [0.25, 0.3) is 0 Å². The van der Waals surface area contributed by atoms with E-state index in [2.05, 4.69) is 65.4 Å². The van der Waals surface area contributed by atoms with Gasteiger partial charge in [0, 0.05) is 10.2 Å². The zero-order chi connectivity index (χ0) is 14.5. The van der Waals surface area contributed by atoms with E-state index in [1.54, 1.807) is 7.11 Å². The Labute approximate surface area is 129 Å². The molecule has 0 heterocycles. The van der Waals surface area contributed by atoms with Crippen LogP contribution in [0, 0.1) is 6.92 Å². The van der Waals surface area contributed by atoms with Crippen LogP contribution in [0.2, 0.25) is 0 Å². The number of hydrogen-bond donors (Lipinski definition) is 1. The number of benzene rings is 2. The first kappa shape index (κ1) is 14.9. The minimum Gasteiger partial charge on any atom is -0.497 e. The van der Waals surface area contributed by atoms with Crippen molar-refractivity contribution in [2.45, 2.75) is 26.3 Å². The van der Waals surface area contributed by atoms with Gasteiger partial charge in [-0.25, -0.2) is 0 Å². The molecule has 0 aliphatic rings. The minimum absolute atomic E-state index is 0.306. The van der Waals surface area contributed by atoms with E-state index < -0.39 is 0 Å². The van der Waals surface area contributed by atoms with Gasteiger partial charge in [-0.05, 0) is 54.8 Å². The molecule has 2 aromatic carbocycles. The lowest BCUT2D eigenvalue weighted by Gasteiger charge is -2.20. The van der Waals surface area contributed by atoms with Gasteiger partial charge >= 0.3 is 0 Å². The molecule has 2 aromatic rings. The molecule has 0 fully saturated rings. The molecule has 0 aliphatic carbocycles. The van der Waals surface area contributed by atoms with Gasteiger partial charge in [0.05, 0.1) is 13.2 Å². The van der Waals surface area contributed by atoms with Gasteiger partial charge in [-0.1, -0.05) is 35.0 Å². The van der Waals surface area contributed by atoms with E-state index in [1.165, 1.54) is 16.8 Å². The number of anilines is 1. The molecular weight excluding hydrogens is 314 g/mol. The first-order valence-electron chi connectivity index (χ1n) is 6.80. The van der Waals surface area contributed by atoms with E-state index in [0.29, 0.717) is 6.04 Å². The van der Waals surface area contributed by atoms with Crippen LogP contribution in [0.15, 0.2) is 46.9 Å². The summed E-state index contributed by atoms with van der Waals surface area (Å²) in [5.41, 5.74) is 3.69. The molecular formula is C17H20BrNO. The topological polar surface area (TPSA) is 21.3 Å². The molecule has 3 heteroatoms. The van der Waals surface area contributed by atoms with Crippen molar-refractivity contribution >= 4 is 21.6 Å². The Bertz CT molecular complexity index is 566. The number of ether oxygens (including phenoxy) is 1. The van der Waals surface area contributed by atoms with Gasteiger partial charge in [0.15, 0.2) is 0 Å². The van der Waals surface area contributed by atoms with E-state index >= 15 is 0 Å². The highest BCUT2D eigenvalue weighted by Gasteiger charge is 2.10. The zero-order valence-electron chi connectivity index (χ0n) is 12.1. The lowest BCUT2D eigenvalue weighted by molar-refractivity contribution is 0.414. The summed E-state index contributed by atoms with van der Waals surface area (Å²) in [6.07, 6.45) is 1.03. The summed E-state index contributed by atoms with van der Waals surface area (Å²) in [5.74, 6) is 0.892. The third-order valence-electron chi connectivity index (χ3n) is 3.44. The average molecular weight is 334 g/mol. The Morgan fingerprint density at radius 3 is 2.40 bits per heavy atom. The number of methoxy groups -OCH3 is 1. The van der Waals surface area contributed by atoms with Crippen LogP contribution in [0.4, 0.5) is 5.69 Å². The standard InChI is InChI=1S/C17H20BrNO/c1-4-16(13-5-8-15(20-3)9-6-13)19-17-10-7-14(18)11-12(17)2/h5-11,16,19H,4H2,1-3H3. The SMILES string of the molecule is CCC(Nc1ccc(Br)cc1C)c1ccc(OC)cc1. The summed E-state index contributed by atoms with van der Waals surface area (Å²) in [7, 11) is 1.69. The number of rotatable bonds is 5. The number of hydrogen-bond acceptors (Lipinski definition) is 2. The van der Waals surface area contributed by atoms with Crippen molar-refractivity contribution in [2.24, 2.45) is 0 Å². The average Bonchev–Trinajstić information content (AvgIpc) is 2.47. The summed E-state index contributed by atoms with van der Waals surface area (Å²) in [6, 6.07) is 14.9. The molecule has 0 saturated carbocycles. The number of halogens is 1. The molecule has 0 radical (unpaired) electrons.